The molecule has 0 unspecified atom stereocenters. The summed E-state index contributed by atoms with van der Waals surface area (Å²) in [4.78, 5) is 0. The summed E-state index contributed by atoms with van der Waals surface area (Å²) in [5.74, 6) is 0. The molecule has 0 saturated heterocycles. The van der Waals surface area contributed by atoms with Gasteiger partial charge in [-0.3, -0.25) is 0 Å². The molecule has 0 N–H and O–H groups in total. The average Bonchev–Trinajstić information content (AvgIpc) is 1.72. The predicted octanol–water partition coefficient (Wildman–Crippen LogP) is 2.54. The highest BCUT2D eigenvalue weighted by Crippen LogP contribution is 2.01. The van der Waals surface area contributed by atoms with Gasteiger partial charge in [-0.15, -0.1) is 0 Å². The van der Waals surface area contributed by atoms with Crippen molar-refractivity contribution in [1.29, 1.82) is 0 Å². The Labute approximate surface area is 51.3 Å². The van der Waals surface area contributed by atoms with E-state index in [0.717, 1.165) is 0 Å². The van der Waals surface area contributed by atoms with Gasteiger partial charge in [0.15, 0.2) is 0 Å². The molecule has 0 spiro atoms. The third-order valence-corrected chi connectivity index (χ3v) is 5.20. The monoisotopic (exact) mass is 97.1 g/mol. The molecule has 0 aliphatic carbocycles. The van der Waals surface area contributed by atoms with Crippen LogP contribution in [0.3, 0.4) is 0 Å². The summed E-state index contributed by atoms with van der Waals surface area (Å²) in [6, 6.07) is 0. The van der Waals surface area contributed by atoms with Crippen LogP contribution < -0.4 is 0 Å². The fourth-order valence-electron chi connectivity index (χ4n) is 0.866. The van der Waals surface area contributed by atoms with E-state index >= 15 is 0 Å². The summed E-state index contributed by atoms with van der Waals surface area (Å²) in [5, 5.41) is 4.48. The second kappa shape index (κ2) is 4.69. The van der Waals surface area contributed by atoms with Gasteiger partial charge in [0.05, 0.1) is 0 Å². The Balaban J connectivity index is 2.99. The summed E-state index contributed by atoms with van der Waals surface area (Å²) in [5.41, 5.74) is 0. The van der Waals surface area contributed by atoms with E-state index in [1.807, 2.05) is 0 Å². The van der Waals surface area contributed by atoms with Crippen LogP contribution in [-0.2, 0) is 0 Å². The van der Waals surface area contributed by atoms with Crippen LogP contribution in [0.25, 0.3) is 0 Å². The minimum absolute atomic E-state index is 0.171. The fraction of sp³-hybridized carbons (Fsp3) is 1.00. The van der Waals surface area contributed by atoms with Crippen molar-refractivity contribution in [2.24, 2.45) is 0 Å². The molecule has 0 saturated carbocycles. The Morgan fingerprint density at radius 3 is 1.14 bits per heavy atom. The van der Waals surface area contributed by atoms with Gasteiger partial charge in [0, 0.05) is 0 Å². The molecule has 42 valence electrons. The van der Waals surface area contributed by atoms with Crippen molar-refractivity contribution in [2.75, 3.05) is 0 Å². The maximum atomic E-state index is 2.32. The smallest absolute Gasteiger partial charge is 0.0967 e. The van der Waals surface area contributed by atoms with E-state index in [9.17, 15) is 0 Å². The topological polar surface area (TPSA) is 0 Å². The first-order chi connectivity index (χ1) is 3.35. The normalized spacial score (nSPS) is 9.00. The molecule has 0 atom stereocenters. The third-order valence-electron chi connectivity index (χ3n) is 1.73. The van der Waals surface area contributed by atoms with Crippen LogP contribution in [0.2, 0.25) is 15.8 Å². The molecule has 0 nitrogen and oxygen atoms in total. The number of hydrogen-bond acceptors (Lipinski definition) is 0. The fourth-order valence-corrected chi connectivity index (χ4v) is 2.60. The second-order valence-corrected chi connectivity index (χ2v) is 6.27. The van der Waals surface area contributed by atoms with Gasteiger partial charge in [-0.1, -0.05) is 36.6 Å². The first-order valence-corrected chi connectivity index (χ1v) is 5.80. The van der Waals surface area contributed by atoms with Gasteiger partial charge in [-0.25, -0.2) is 0 Å². The van der Waals surface area contributed by atoms with Gasteiger partial charge in [-0.05, 0) is 0 Å². The van der Waals surface area contributed by atoms with Gasteiger partial charge in [0.1, 0.15) is 0 Å². The van der Waals surface area contributed by atoms with E-state index in [0.29, 0.717) is 0 Å². The zero-order valence-corrected chi connectivity index (χ0v) is 6.85. The molecule has 0 fully saturated rings. The second-order valence-electron chi connectivity index (χ2n) is 2.09. The van der Waals surface area contributed by atoms with Gasteiger partial charge in [0.25, 0.3) is 14.1 Å². The minimum atomic E-state index is -0.171. The number of rotatable bonds is 3. The molecule has 0 bridgehead atoms. The molecule has 0 radical (unpaired) electrons. The van der Waals surface area contributed by atoms with E-state index in [1.165, 1.54) is 15.8 Å². The molecule has 0 aromatic rings. The summed E-state index contributed by atoms with van der Waals surface area (Å²) < 4.78 is 0. The van der Waals surface area contributed by atoms with E-state index in [2.05, 4.69) is 20.8 Å². The Morgan fingerprint density at radius 2 is 1.14 bits per heavy atom. The van der Waals surface area contributed by atoms with Gasteiger partial charge < -0.3 is 0 Å². The zero-order chi connectivity index (χ0) is 5.70. The van der Waals surface area contributed by atoms with Crippen LogP contribution in [0.15, 0.2) is 0 Å². The summed E-state index contributed by atoms with van der Waals surface area (Å²) in [7, 11) is 0. The van der Waals surface area contributed by atoms with Crippen LogP contribution in [0.5, 0.6) is 0 Å². The van der Waals surface area contributed by atoms with Crippen LogP contribution in [0.1, 0.15) is 20.8 Å². The minimum Gasteiger partial charge on any atom is -0.0967 e. The first kappa shape index (κ1) is 7.53. The van der Waals surface area contributed by atoms with Gasteiger partial charge in [-0.2, -0.15) is 0 Å². The van der Waals surface area contributed by atoms with Crippen LogP contribution >= 0.6 is 0 Å². The van der Waals surface area contributed by atoms with E-state index in [1.54, 1.807) is 0 Å². The van der Waals surface area contributed by atoms with Crippen molar-refractivity contribution in [3.8, 4) is 0 Å². The Morgan fingerprint density at radius 1 is 0.857 bits per heavy atom. The lowest BCUT2D eigenvalue weighted by molar-refractivity contribution is 1.24. The Kier molecular flexibility index (Phi) is 5.04. The van der Waals surface area contributed by atoms with Crippen molar-refractivity contribution in [3.05, 3.63) is 0 Å². The van der Waals surface area contributed by atoms with Gasteiger partial charge in [0.2, 0.25) is 0 Å². The lowest BCUT2D eigenvalue weighted by Crippen LogP contribution is -2.04. The summed E-state index contributed by atoms with van der Waals surface area (Å²) >= 11 is -0.171. The maximum absolute atomic E-state index is 2.32. The van der Waals surface area contributed by atoms with Gasteiger partial charge >= 0.3 is 0 Å². The van der Waals surface area contributed by atoms with Crippen LogP contribution in [0, 0.1) is 0 Å². The Bertz CT molecular complexity index is 25.7. The maximum Gasteiger partial charge on any atom is 0.261 e. The molecule has 7 heavy (non-hydrogen) atoms. The van der Waals surface area contributed by atoms with E-state index in [-0.39, 0.29) is 14.1 Å². The molecule has 0 heterocycles. The predicted molar refractivity (Wildman–Crippen MR) is 37.2 cm³/mol. The molecule has 0 aromatic carbocycles. The van der Waals surface area contributed by atoms with Crippen LogP contribution in [-0.4, -0.2) is 14.1 Å². The quantitative estimate of drug-likeness (QED) is 0.475. The Hall–Kier alpha value is 0.532. The highest BCUT2D eigenvalue weighted by molar-refractivity contribution is 6.58. The highest BCUT2D eigenvalue weighted by atomic mass is 13.5. The summed E-state index contributed by atoms with van der Waals surface area (Å²) in [6.07, 6.45) is 0. The molecular weight excluding hydrogens is 82.1 g/mol. The van der Waals surface area contributed by atoms with E-state index in [4.69, 9.17) is 0 Å². The van der Waals surface area contributed by atoms with Crippen molar-refractivity contribution in [1.82, 2.24) is 0 Å². The van der Waals surface area contributed by atoms with Crippen molar-refractivity contribution in [3.63, 3.8) is 0 Å². The van der Waals surface area contributed by atoms with Crippen LogP contribution in [0.4, 0.5) is 0 Å². The number of hydrogen-bond donors (Lipinski definition) is 0. The molecule has 0 aromatic heterocycles. The largest absolute Gasteiger partial charge is 0.261 e. The van der Waals surface area contributed by atoms with Crippen molar-refractivity contribution >= 4 is 14.1 Å². The molecule has 0 amide bonds. The zero-order valence-electron chi connectivity index (χ0n) is 5.70. The molecular formula is C6H15Al. The third kappa shape index (κ3) is 3.14. The SMILES string of the molecule is C[CH2][10Al]([CH2]C)[CH2]C. The standard InChI is InChI=1S/3C2H5.Al/c3*1-2;/h3*1H2,2H3;/i;;;1-17. The molecule has 0 rings (SSSR count). The van der Waals surface area contributed by atoms with Crippen molar-refractivity contribution < 1.29 is 0 Å². The molecule has 1 heteroatoms. The first-order valence-electron chi connectivity index (χ1n) is 3.35. The average molecular weight is 97.2 g/mol. The molecule has 0 aliphatic rings. The molecule has 0 aliphatic heterocycles. The lowest BCUT2D eigenvalue weighted by Gasteiger charge is -1.97. The van der Waals surface area contributed by atoms with E-state index < -0.39 is 0 Å². The highest BCUT2D eigenvalue weighted by Gasteiger charge is 2.05. The van der Waals surface area contributed by atoms with Crippen molar-refractivity contribution in [2.45, 2.75) is 36.6 Å². The summed E-state index contributed by atoms with van der Waals surface area (Å²) in [6.45, 7) is 6.97. The lowest BCUT2D eigenvalue weighted by atomic mass is 8.92.